The molecule has 0 bridgehead atoms. The van der Waals surface area contributed by atoms with Gasteiger partial charge in [-0.25, -0.2) is 22.9 Å². The number of aromatic nitrogens is 3. The summed E-state index contributed by atoms with van der Waals surface area (Å²) < 4.78 is 43.0. The van der Waals surface area contributed by atoms with Crippen LogP contribution < -0.4 is 10.5 Å². The molecule has 1 aliphatic rings. The summed E-state index contributed by atoms with van der Waals surface area (Å²) in [4.78, 5) is 4.21. The van der Waals surface area contributed by atoms with Gasteiger partial charge in [-0.05, 0) is 37.5 Å². The van der Waals surface area contributed by atoms with E-state index >= 15 is 0 Å². The standard InChI is InChI=1S/C21H26FN5O3S/c1-21(2,3)18-11-24-20(30-18)13-5-4-12(8-13)17-10-19(27-26-17)25-16-7-6-14(9-15(16)22)31(23,28)29/h6-7,9-13H,4-5,8H2,1-3H3,(H2,23,28,29)(H2,25,26,27). The molecule has 31 heavy (non-hydrogen) atoms. The summed E-state index contributed by atoms with van der Waals surface area (Å²) in [5, 5.41) is 15.1. The first-order valence-electron chi connectivity index (χ1n) is 10.1. The molecule has 0 radical (unpaired) electrons. The number of sulfonamides is 1. The molecule has 0 aliphatic heterocycles. The highest BCUT2D eigenvalue weighted by Gasteiger charge is 2.32. The lowest BCUT2D eigenvalue weighted by Gasteiger charge is -2.13. The number of H-pyrrole nitrogens is 1. The number of anilines is 2. The Morgan fingerprint density at radius 1 is 1.23 bits per heavy atom. The molecule has 2 aromatic heterocycles. The average Bonchev–Trinajstić information content (AvgIpc) is 3.41. The number of rotatable bonds is 5. The van der Waals surface area contributed by atoms with Crippen molar-refractivity contribution in [3.05, 3.63) is 53.6 Å². The topological polar surface area (TPSA) is 127 Å². The third kappa shape index (κ3) is 4.64. The van der Waals surface area contributed by atoms with Gasteiger partial charge in [0, 0.05) is 29.0 Å². The first-order valence-corrected chi connectivity index (χ1v) is 11.7. The molecule has 2 unspecified atom stereocenters. The minimum atomic E-state index is -3.96. The molecule has 1 saturated carbocycles. The zero-order chi connectivity index (χ0) is 22.4. The van der Waals surface area contributed by atoms with Gasteiger partial charge in [-0.1, -0.05) is 20.8 Å². The Morgan fingerprint density at radius 3 is 2.61 bits per heavy atom. The monoisotopic (exact) mass is 447 g/mol. The number of nitrogens with one attached hydrogen (secondary N) is 2. The van der Waals surface area contributed by atoms with E-state index in [1.54, 1.807) is 0 Å². The summed E-state index contributed by atoms with van der Waals surface area (Å²) in [6.45, 7) is 6.29. The van der Waals surface area contributed by atoms with Crippen LogP contribution in [0.5, 0.6) is 0 Å². The maximum atomic E-state index is 14.3. The number of aromatic amines is 1. The molecule has 1 fully saturated rings. The van der Waals surface area contributed by atoms with Gasteiger partial charge < -0.3 is 9.73 Å². The Bertz CT molecular complexity index is 1200. The zero-order valence-electron chi connectivity index (χ0n) is 17.6. The van der Waals surface area contributed by atoms with Crippen LogP contribution in [-0.4, -0.2) is 23.6 Å². The molecule has 2 atom stereocenters. The van der Waals surface area contributed by atoms with E-state index in [0.717, 1.165) is 42.7 Å². The van der Waals surface area contributed by atoms with Gasteiger partial charge in [-0.15, -0.1) is 0 Å². The zero-order valence-corrected chi connectivity index (χ0v) is 18.5. The highest BCUT2D eigenvalue weighted by molar-refractivity contribution is 7.89. The average molecular weight is 448 g/mol. The highest BCUT2D eigenvalue weighted by atomic mass is 32.2. The first kappa shape index (κ1) is 21.5. The maximum absolute atomic E-state index is 14.3. The van der Waals surface area contributed by atoms with Gasteiger partial charge in [0.2, 0.25) is 10.0 Å². The summed E-state index contributed by atoms with van der Waals surface area (Å²) in [6.07, 6.45) is 4.65. The van der Waals surface area contributed by atoms with Gasteiger partial charge in [0.1, 0.15) is 11.6 Å². The molecular formula is C21H26FN5O3S. The number of hydrogen-bond donors (Lipinski definition) is 3. The Kier molecular flexibility index (Phi) is 5.38. The number of halogens is 1. The Labute approximate surface area is 180 Å². The second kappa shape index (κ2) is 7.76. The fourth-order valence-electron chi connectivity index (χ4n) is 3.83. The minimum absolute atomic E-state index is 0.0744. The second-order valence-electron chi connectivity index (χ2n) is 9.04. The lowest BCUT2D eigenvalue weighted by atomic mass is 9.94. The molecule has 4 N–H and O–H groups in total. The summed E-state index contributed by atoms with van der Waals surface area (Å²) in [5.41, 5.74) is 0.994. The van der Waals surface area contributed by atoms with E-state index < -0.39 is 15.8 Å². The third-order valence-corrected chi connectivity index (χ3v) is 6.52. The molecule has 0 saturated heterocycles. The van der Waals surface area contributed by atoms with Gasteiger partial charge in [0.25, 0.3) is 0 Å². The summed E-state index contributed by atoms with van der Waals surface area (Å²) in [7, 11) is -3.96. The van der Waals surface area contributed by atoms with Gasteiger partial charge >= 0.3 is 0 Å². The molecular weight excluding hydrogens is 421 g/mol. The SMILES string of the molecule is CC(C)(C)c1cnc(C2CCC(c3cc(Nc4ccc(S(N)(=O)=O)cc4F)n[nH]3)C2)o1. The Morgan fingerprint density at radius 2 is 1.97 bits per heavy atom. The number of primary sulfonamides is 1. The van der Waals surface area contributed by atoms with E-state index in [1.165, 1.54) is 12.1 Å². The van der Waals surface area contributed by atoms with Crippen molar-refractivity contribution in [2.75, 3.05) is 5.32 Å². The predicted octanol–water partition coefficient (Wildman–Crippen LogP) is 4.28. The van der Waals surface area contributed by atoms with Gasteiger partial charge in [-0.3, -0.25) is 5.10 Å². The molecule has 8 nitrogen and oxygen atoms in total. The Hall–Kier alpha value is -2.72. The van der Waals surface area contributed by atoms with E-state index in [0.29, 0.717) is 5.82 Å². The number of oxazole rings is 1. The number of nitrogens with two attached hydrogens (primary N) is 1. The van der Waals surface area contributed by atoms with Crippen molar-refractivity contribution in [3.63, 3.8) is 0 Å². The molecule has 0 amide bonds. The molecule has 2 heterocycles. The van der Waals surface area contributed by atoms with E-state index in [2.05, 4.69) is 41.3 Å². The lowest BCUT2D eigenvalue weighted by molar-refractivity contribution is 0.363. The van der Waals surface area contributed by atoms with E-state index in [-0.39, 0.29) is 27.8 Å². The van der Waals surface area contributed by atoms with Crippen LogP contribution in [0, 0.1) is 5.82 Å². The first-order chi connectivity index (χ1) is 14.5. The predicted molar refractivity (Wildman–Crippen MR) is 114 cm³/mol. The van der Waals surface area contributed by atoms with Gasteiger partial charge in [0.05, 0.1) is 16.8 Å². The van der Waals surface area contributed by atoms with Crippen molar-refractivity contribution in [2.24, 2.45) is 5.14 Å². The van der Waals surface area contributed by atoms with Gasteiger partial charge in [-0.2, -0.15) is 5.10 Å². The third-order valence-electron chi connectivity index (χ3n) is 5.61. The van der Waals surface area contributed by atoms with Crippen molar-refractivity contribution < 1.29 is 17.2 Å². The van der Waals surface area contributed by atoms with Crippen LogP contribution in [0.15, 0.2) is 39.8 Å². The van der Waals surface area contributed by atoms with E-state index in [4.69, 9.17) is 9.56 Å². The van der Waals surface area contributed by atoms with Crippen LogP contribution in [-0.2, 0) is 15.4 Å². The van der Waals surface area contributed by atoms with Crippen LogP contribution in [0.3, 0.4) is 0 Å². The van der Waals surface area contributed by atoms with E-state index in [1.807, 2.05) is 12.3 Å². The second-order valence-corrected chi connectivity index (χ2v) is 10.6. The summed E-state index contributed by atoms with van der Waals surface area (Å²) in [5.74, 6) is 1.91. The van der Waals surface area contributed by atoms with E-state index in [9.17, 15) is 12.8 Å². The number of benzene rings is 1. The van der Waals surface area contributed by atoms with Gasteiger partial charge in [0.15, 0.2) is 11.7 Å². The van der Waals surface area contributed by atoms with Crippen LogP contribution >= 0.6 is 0 Å². The fourth-order valence-corrected chi connectivity index (χ4v) is 4.36. The largest absolute Gasteiger partial charge is 0.445 e. The molecule has 10 heteroatoms. The van der Waals surface area contributed by atoms with Crippen LogP contribution in [0.25, 0.3) is 0 Å². The highest BCUT2D eigenvalue weighted by Crippen LogP contribution is 2.43. The van der Waals surface area contributed by atoms with Crippen molar-refractivity contribution >= 4 is 21.5 Å². The minimum Gasteiger partial charge on any atom is -0.445 e. The quantitative estimate of drug-likeness (QED) is 0.536. The molecule has 1 aromatic carbocycles. The maximum Gasteiger partial charge on any atom is 0.238 e. The van der Waals surface area contributed by atoms with Crippen molar-refractivity contribution in [3.8, 4) is 0 Å². The van der Waals surface area contributed by atoms with Crippen molar-refractivity contribution in [1.29, 1.82) is 0 Å². The van der Waals surface area contributed by atoms with Crippen LogP contribution in [0.1, 0.15) is 69.2 Å². The van der Waals surface area contributed by atoms with Crippen molar-refractivity contribution in [2.45, 2.75) is 62.2 Å². The fraction of sp³-hybridized carbons (Fsp3) is 0.429. The molecule has 1 aliphatic carbocycles. The molecule has 166 valence electrons. The van der Waals surface area contributed by atoms with Crippen LogP contribution in [0.2, 0.25) is 0 Å². The van der Waals surface area contributed by atoms with Crippen molar-refractivity contribution in [1.82, 2.24) is 15.2 Å². The summed E-state index contributed by atoms with van der Waals surface area (Å²) in [6, 6.07) is 5.30. The molecule has 4 rings (SSSR count). The smallest absolute Gasteiger partial charge is 0.238 e. The summed E-state index contributed by atoms with van der Waals surface area (Å²) >= 11 is 0. The number of hydrogen-bond acceptors (Lipinski definition) is 6. The molecule has 3 aromatic rings. The number of nitrogens with zero attached hydrogens (tertiary/aromatic N) is 2. The normalized spacial score (nSPS) is 19.6. The van der Waals surface area contributed by atoms with Crippen LogP contribution in [0.4, 0.5) is 15.9 Å². The lowest BCUT2D eigenvalue weighted by Crippen LogP contribution is -2.12. The molecule has 0 spiro atoms. The Balaban J connectivity index is 1.43.